The maximum atomic E-state index is 11.9. The molecule has 1 saturated carbocycles. The molecular weight excluding hydrogens is 248 g/mol. The Morgan fingerprint density at radius 1 is 1.33 bits per heavy atom. The molecule has 2 atom stereocenters. The van der Waals surface area contributed by atoms with Gasteiger partial charge in [-0.25, -0.2) is 8.42 Å². The number of nitrogens with zero attached hydrogens (tertiary/aromatic N) is 1. The smallest absolute Gasteiger partial charge is 0.153 e. The second-order valence-electron chi connectivity index (χ2n) is 6.11. The Morgan fingerprint density at radius 2 is 2.00 bits per heavy atom. The lowest BCUT2D eigenvalue weighted by molar-refractivity contribution is 0.140. The highest BCUT2D eigenvalue weighted by molar-refractivity contribution is 7.92. The third kappa shape index (κ3) is 3.45. The highest BCUT2D eigenvalue weighted by Crippen LogP contribution is 2.34. The molecule has 0 aromatic rings. The van der Waals surface area contributed by atoms with Crippen LogP contribution in [0.4, 0.5) is 0 Å². The van der Waals surface area contributed by atoms with Crippen LogP contribution in [0.15, 0.2) is 0 Å². The Labute approximate surface area is 111 Å². The van der Waals surface area contributed by atoms with Gasteiger partial charge in [0.15, 0.2) is 9.84 Å². The van der Waals surface area contributed by atoms with Crippen molar-refractivity contribution in [2.45, 2.75) is 50.9 Å². The molecule has 1 saturated heterocycles. The summed E-state index contributed by atoms with van der Waals surface area (Å²) < 4.78 is 23.7. The fourth-order valence-corrected chi connectivity index (χ4v) is 3.51. The summed E-state index contributed by atoms with van der Waals surface area (Å²) >= 11 is 0. The lowest BCUT2D eigenvalue weighted by Gasteiger charge is -2.39. The number of hydrogen-bond acceptors (Lipinski definition) is 4. The third-order valence-electron chi connectivity index (χ3n) is 4.30. The summed E-state index contributed by atoms with van der Waals surface area (Å²) in [6.07, 6.45) is 2.67. The van der Waals surface area contributed by atoms with E-state index in [2.05, 4.69) is 17.1 Å². The number of nitrogens with one attached hydrogen (secondary N) is 1. The lowest BCUT2D eigenvalue weighted by atomic mass is 10.1. The molecule has 0 radical (unpaired) electrons. The van der Waals surface area contributed by atoms with Gasteiger partial charge in [-0.2, -0.15) is 0 Å². The minimum absolute atomic E-state index is 0.255. The van der Waals surface area contributed by atoms with Crippen molar-refractivity contribution in [2.75, 3.05) is 25.4 Å². The van der Waals surface area contributed by atoms with Gasteiger partial charge in [0.2, 0.25) is 0 Å². The van der Waals surface area contributed by atoms with Crippen LogP contribution in [-0.2, 0) is 9.84 Å². The van der Waals surface area contributed by atoms with E-state index < -0.39 is 9.84 Å². The maximum Gasteiger partial charge on any atom is 0.153 e. The first kappa shape index (κ1) is 14.3. The van der Waals surface area contributed by atoms with E-state index in [4.69, 9.17) is 0 Å². The quantitative estimate of drug-likeness (QED) is 0.808. The Kier molecular flexibility index (Phi) is 4.34. The van der Waals surface area contributed by atoms with E-state index >= 15 is 0 Å². The molecule has 0 aromatic carbocycles. The standard InChI is InChI=1S/C13H26N2O2S/c1-10(2)18(16,17)7-6-15-9-13(12-4-5-12)14-8-11(15)3/h10-14H,4-9H2,1-3H3. The van der Waals surface area contributed by atoms with Gasteiger partial charge >= 0.3 is 0 Å². The van der Waals surface area contributed by atoms with Crippen LogP contribution in [0.1, 0.15) is 33.6 Å². The Bertz CT molecular complexity index is 376. The number of sulfone groups is 1. The van der Waals surface area contributed by atoms with E-state index in [1.165, 1.54) is 12.8 Å². The van der Waals surface area contributed by atoms with Gasteiger partial charge in [0.25, 0.3) is 0 Å². The van der Waals surface area contributed by atoms with E-state index in [9.17, 15) is 8.42 Å². The van der Waals surface area contributed by atoms with Crippen molar-refractivity contribution in [1.29, 1.82) is 0 Å². The molecule has 0 bridgehead atoms. The summed E-state index contributed by atoms with van der Waals surface area (Å²) in [7, 11) is -2.91. The summed E-state index contributed by atoms with van der Waals surface area (Å²) in [5, 5.41) is 3.33. The average molecular weight is 274 g/mol. The molecule has 106 valence electrons. The van der Waals surface area contributed by atoms with Crippen LogP contribution >= 0.6 is 0 Å². The average Bonchev–Trinajstić information content (AvgIpc) is 3.12. The summed E-state index contributed by atoms with van der Waals surface area (Å²) in [6.45, 7) is 8.40. The normalized spacial score (nSPS) is 30.9. The second kappa shape index (κ2) is 5.47. The molecule has 2 rings (SSSR count). The first-order valence-electron chi connectivity index (χ1n) is 7.09. The molecule has 0 amide bonds. The van der Waals surface area contributed by atoms with Crippen molar-refractivity contribution < 1.29 is 8.42 Å². The van der Waals surface area contributed by atoms with Gasteiger partial charge in [-0.3, -0.25) is 4.90 Å². The Hall–Kier alpha value is -0.130. The minimum atomic E-state index is -2.91. The minimum Gasteiger partial charge on any atom is -0.311 e. The monoisotopic (exact) mass is 274 g/mol. The van der Waals surface area contributed by atoms with E-state index in [1.54, 1.807) is 13.8 Å². The maximum absolute atomic E-state index is 11.9. The van der Waals surface area contributed by atoms with Crippen molar-refractivity contribution in [3.63, 3.8) is 0 Å². The first-order valence-corrected chi connectivity index (χ1v) is 8.80. The van der Waals surface area contributed by atoms with E-state index in [0.717, 1.165) is 19.0 Å². The summed E-state index contributed by atoms with van der Waals surface area (Å²) in [4.78, 5) is 2.35. The summed E-state index contributed by atoms with van der Waals surface area (Å²) in [6, 6.07) is 1.03. The van der Waals surface area contributed by atoms with E-state index in [-0.39, 0.29) is 5.25 Å². The molecule has 0 spiro atoms. The lowest BCUT2D eigenvalue weighted by Crippen LogP contribution is -2.57. The molecular formula is C13H26N2O2S. The van der Waals surface area contributed by atoms with Gasteiger partial charge in [0.05, 0.1) is 11.0 Å². The molecule has 1 aliphatic carbocycles. The van der Waals surface area contributed by atoms with Crippen LogP contribution in [-0.4, -0.2) is 56.0 Å². The predicted molar refractivity (Wildman–Crippen MR) is 74.5 cm³/mol. The SMILES string of the molecule is CC1CNC(C2CC2)CN1CCS(=O)(=O)C(C)C. The molecule has 1 heterocycles. The van der Waals surface area contributed by atoms with Crippen molar-refractivity contribution in [3.05, 3.63) is 0 Å². The molecule has 2 unspecified atom stereocenters. The molecule has 1 N–H and O–H groups in total. The highest BCUT2D eigenvalue weighted by atomic mass is 32.2. The van der Waals surface area contributed by atoms with Crippen molar-refractivity contribution in [3.8, 4) is 0 Å². The number of hydrogen-bond donors (Lipinski definition) is 1. The third-order valence-corrected chi connectivity index (χ3v) is 6.49. The molecule has 2 fully saturated rings. The van der Waals surface area contributed by atoms with Crippen molar-refractivity contribution >= 4 is 9.84 Å². The predicted octanol–water partition coefficient (Wildman–Crippen LogP) is 0.882. The second-order valence-corrected chi connectivity index (χ2v) is 8.79. The zero-order valence-corrected chi connectivity index (χ0v) is 12.5. The van der Waals surface area contributed by atoms with Gasteiger partial charge in [0.1, 0.15) is 0 Å². The molecule has 4 nitrogen and oxygen atoms in total. The zero-order valence-electron chi connectivity index (χ0n) is 11.7. The topological polar surface area (TPSA) is 49.4 Å². The molecule has 2 aliphatic rings. The van der Waals surface area contributed by atoms with E-state index in [1.807, 2.05) is 0 Å². The molecule has 5 heteroatoms. The van der Waals surface area contributed by atoms with Crippen molar-refractivity contribution in [2.24, 2.45) is 5.92 Å². The Balaban J connectivity index is 1.86. The fourth-order valence-electron chi connectivity index (χ4n) is 2.55. The zero-order chi connectivity index (χ0) is 13.3. The Morgan fingerprint density at radius 3 is 2.56 bits per heavy atom. The molecule has 18 heavy (non-hydrogen) atoms. The first-order chi connectivity index (χ1) is 8.40. The van der Waals surface area contributed by atoms with Gasteiger partial charge in [-0.05, 0) is 39.5 Å². The summed E-state index contributed by atoms with van der Waals surface area (Å²) in [5.41, 5.74) is 0. The van der Waals surface area contributed by atoms with Gasteiger partial charge in [-0.15, -0.1) is 0 Å². The number of rotatable bonds is 5. The largest absolute Gasteiger partial charge is 0.311 e. The summed E-state index contributed by atoms with van der Waals surface area (Å²) in [5.74, 6) is 1.13. The van der Waals surface area contributed by atoms with Crippen LogP contribution in [0, 0.1) is 5.92 Å². The highest BCUT2D eigenvalue weighted by Gasteiger charge is 2.36. The van der Waals surface area contributed by atoms with Crippen LogP contribution in [0.25, 0.3) is 0 Å². The van der Waals surface area contributed by atoms with Gasteiger partial charge < -0.3 is 5.32 Å². The van der Waals surface area contributed by atoms with Crippen molar-refractivity contribution in [1.82, 2.24) is 10.2 Å². The van der Waals surface area contributed by atoms with Gasteiger partial charge in [0, 0.05) is 31.7 Å². The van der Waals surface area contributed by atoms with Crippen LogP contribution in [0.2, 0.25) is 0 Å². The van der Waals surface area contributed by atoms with Crippen LogP contribution in [0.3, 0.4) is 0 Å². The van der Waals surface area contributed by atoms with Crippen LogP contribution in [0.5, 0.6) is 0 Å². The van der Waals surface area contributed by atoms with Gasteiger partial charge in [-0.1, -0.05) is 0 Å². The molecule has 1 aliphatic heterocycles. The molecule has 0 aromatic heterocycles. The van der Waals surface area contributed by atoms with E-state index in [0.29, 0.717) is 24.4 Å². The number of piperazine rings is 1. The fraction of sp³-hybridized carbons (Fsp3) is 1.00. The van der Waals surface area contributed by atoms with Crippen LogP contribution < -0.4 is 5.32 Å².